The first kappa shape index (κ1) is 28.5. The molecule has 2 radical (unpaired) electrons. The van der Waals surface area contributed by atoms with Crippen LogP contribution >= 0.6 is 0 Å². The van der Waals surface area contributed by atoms with Crippen LogP contribution in [0.3, 0.4) is 0 Å². The highest BCUT2D eigenvalue weighted by atomic mass is 16.5. The van der Waals surface area contributed by atoms with Gasteiger partial charge in [-0.25, -0.2) is 9.59 Å². The fourth-order valence-electron chi connectivity index (χ4n) is 5.20. The van der Waals surface area contributed by atoms with Gasteiger partial charge in [-0.15, -0.1) is 0 Å². The third-order valence-corrected chi connectivity index (χ3v) is 7.54. The topological polar surface area (TPSA) is 91.3 Å². The van der Waals surface area contributed by atoms with Crippen molar-refractivity contribution in [2.24, 2.45) is 0 Å². The molecule has 2 aliphatic rings. The Kier molecular flexibility index (Phi) is 8.70. The molecule has 4 aromatic carbocycles. The summed E-state index contributed by atoms with van der Waals surface area (Å²) in [7, 11) is 0. The van der Waals surface area contributed by atoms with Crippen molar-refractivity contribution < 1.29 is 33.6 Å². The summed E-state index contributed by atoms with van der Waals surface area (Å²) in [6, 6.07) is 25.3. The monoisotopic (exact) mass is 576 g/mol. The van der Waals surface area contributed by atoms with E-state index in [-0.39, 0.29) is 12.1 Å². The molecule has 7 heteroatoms. The average Bonchev–Trinajstić information content (AvgIpc) is 3.04. The van der Waals surface area contributed by atoms with Gasteiger partial charge in [0.05, 0.1) is 24.3 Å². The summed E-state index contributed by atoms with van der Waals surface area (Å²) >= 11 is 0. The van der Waals surface area contributed by atoms with Crippen molar-refractivity contribution in [3.8, 4) is 23.0 Å². The molecule has 1 N–H and O–H groups in total. The molecular weight excluding hydrogens is 544 g/mol. The second kappa shape index (κ2) is 13.1. The number of aliphatic hydroxyl groups excluding tert-OH is 1. The van der Waals surface area contributed by atoms with E-state index in [1.54, 1.807) is 42.5 Å². The summed E-state index contributed by atoms with van der Waals surface area (Å²) in [4.78, 5) is 25.1. The van der Waals surface area contributed by atoms with E-state index >= 15 is 0 Å². The number of benzene rings is 4. The predicted octanol–water partition coefficient (Wildman–Crippen LogP) is 8.15. The van der Waals surface area contributed by atoms with Crippen LogP contribution in [0, 0.1) is 12.5 Å². The molecule has 0 saturated heterocycles. The first-order valence-corrected chi connectivity index (χ1v) is 14.6. The van der Waals surface area contributed by atoms with E-state index in [0.717, 1.165) is 55.4 Å². The van der Waals surface area contributed by atoms with Gasteiger partial charge in [0.2, 0.25) is 0 Å². The number of carbonyl (C=O) groups excluding carboxylic acids is 2. The number of carbonyl (C=O) groups is 2. The number of hydrogen-bond acceptors (Lipinski definition) is 7. The van der Waals surface area contributed by atoms with E-state index in [2.05, 4.69) is 0 Å². The smallest absolute Gasteiger partial charge is 0.338 e. The molecule has 0 aliphatic carbocycles. The summed E-state index contributed by atoms with van der Waals surface area (Å²) in [5.74, 6) is 1.64. The van der Waals surface area contributed by atoms with Crippen LogP contribution in [0.5, 0.6) is 23.0 Å². The molecule has 0 bridgehead atoms. The number of aliphatic hydroxyl groups is 1. The number of rotatable bonds is 11. The lowest BCUT2D eigenvalue weighted by molar-refractivity contribution is 0.0484. The van der Waals surface area contributed by atoms with Crippen molar-refractivity contribution in [3.05, 3.63) is 131 Å². The van der Waals surface area contributed by atoms with Crippen LogP contribution in [-0.2, 0) is 9.47 Å². The minimum Gasteiger partial charge on any atom is -0.462 e. The molecule has 0 fully saturated rings. The molecule has 43 heavy (non-hydrogen) atoms. The summed E-state index contributed by atoms with van der Waals surface area (Å²) < 4.78 is 22.8. The quantitative estimate of drug-likeness (QED) is 0.125. The van der Waals surface area contributed by atoms with Crippen molar-refractivity contribution in [2.45, 2.75) is 38.5 Å². The summed E-state index contributed by atoms with van der Waals surface area (Å²) in [6.45, 7) is 0.706. The maximum Gasteiger partial charge on any atom is 0.338 e. The van der Waals surface area contributed by atoms with E-state index in [1.165, 1.54) is 0 Å². The van der Waals surface area contributed by atoms with Crippen LogP contribution in [0.15, 0.2) is 84.9 Å². The largest absolute Gasteiger partial charge is 0.462 e. The molecule has 218 valence electrons. The van der Waals surface area contributed by atoms with Gasteiger partial charge < -0.3 is 24.1 Å². The molecule has 6 rings (SSSR count). The minimum atomic E-state index is -0.417. The third kappa shape index (κ3) is 6.57. The Balaban J connectivity index is 0.844. The van der Waals surface area contributed by atoms with E-state index < -0.39 is 5.97 Å². The normalized spacial score (nSPS) is 13.0. The highest BCUT2D eigenvalue weighted by Gasteiger charge is 2.27. The Morgan fingerprint density at radius 2 is 1.09 bits per heavy atom. The van der Waals surface area contributed by atoms with Gasteiger partial charge in [-0.1, -0.05) is 74.2 Å². The zero-order chi connectivity index (χ0) is 29.6. The molecule has 0 saturated carbocycles. The molecule has 0 atom stereocenters. The lowest BCUT2D eigenvalue weighted by Gasteiger charge is -2.24. The summed E-state index contributed by atoms with van der Waals surface area (Å²) in [6.07, 6.45) is 7.65. The molecule has 0 spiro atoms. The number of hydrogen-bond donors (Lipinski definition) is 1. The first-order chi connectivity index (χ1) is 21.1. The van der Waals surface area contributed by atoms with Crippen molar-refractivity contribution in [2.75, 3.05) is 13.2 Å². The number of fused-ring (bicyclic) bond motifs is 4. The Bertz CT molecular complexity index is 1630. The van der Waals surface area contributed by atoms with E-state index in [9.17, 15) is 14.7 Å². The van der Waals surface area contributed by atoms with Gasteiger partial charge in [-0.05, 0) is 49.2 Å². The van der Waals surface area contributed by atoms with Gasteiger partial charge in [0.15, 0.2) is 6.10 Å². The standard InChI is InChI=1S/C36H32O7/c37-34-28-12-6-8-14-31(28)43-33-23-27(17-18-29(33)34)36(39)41-20-10-4-2-1-3-9-19-40-35(38)26-16-15-25-21-24-11-5-7-13-30(24)42-32(25)22-26/h5-8,11-18,21-23,37H,1-4,9-10,19-20H2. The van der Waals surface area contributed by atoms with Crippen LogP contribution in [0.2, 0.25) is 0 Å². The Morgan fingerprint density at radius 3 is 1.84 bits per heavy atom. The van der Waals surface area contributed by atoms with Crippen molar-refractivity contribution in [1.82, 2.24) is 0 Å². The van der Waals surface area contributed by atoms with Crippen LogP contribution in [0.25, 0.3) is 0 Å². The lowest BCUT2D eigenvalue weighted by atomic mass is 9.96. The van der Waals surface area contributed by atoms with Gasteiger partial charge in [0.25, 0.3) is 0 Å². The third-order valence-electron chi connectivity index (χ3n) is 7.54. The van der Waals surface area contributed by atoms with Crippen molar-refractivity contribution in [3.63, 3.8) is 0 Å². The second-order valence-electron chi connectivity index (χ2n) is 10.6. The second-order valence-corrected chi connectivity index (χ2v) is 10.6. The Hall–Kier alpha value is -4.62. The summed E-state index contributed by atoms with van der Waals surface area (Å²) in [5, 5.41) is 10.6. The molecule has 0 aromatic heterocycles. The van der Waals surface area contributed by atoms with Gasteiger partial charge in [-0.2, -0.15) is 0 Å². The zero-order valence-electron chi connectivity index (χ0n) is 23.7. The van der Waals surface area contributed by atoms with Gasteiger partial charge in [-0.3, -0.25) is 0 Å². The molecule has 7 nitrogen and oxygen atoms in total. The Morgan fingerprint density at radius 1 is 0.558 bits per heavy atom. The van der Waals surface area contributed by atoms with E-state index in [0.29, 0.717) is 52.7 Å². The van der Waals surface area contributed by atoms with Gasteiger partial charge >= 0.3 is 11.9 Å². The molecular formula is C36H32O7. The van der Waals surface area contributed by atoms with Crippen LogP contribution < -0.4 is 9.47 Å². The van der Waals surface area contributed by atoms with Crippen molar-refractivity contribution in [1.29, 1.82) is 0 Å². The number of unbranched alkanes of at least 4 members (excludes halogenated alkanes) is 5. The molecule has 2 aliphatic heterocycles. The fourth-order valence-corrected chi connectivity index (χ4v) is 5.20. The molecule has 2 heterocycles. The minimum absolute atomic E-state index is 0.130. The summed E-state index contributed by atoms with van der Waals surface area (Å²) in [5.41, 5.74) is 3.98. The fraction of sp³-hybridized carbons (Fsp3) is 0.222. The zero-order valence-corrected chi connectivity index (χ0v) is 23.7. The molecule has 0 amide bonds. The van der Waals surface area contributed by atoms with Gasteiger partial charge in [0, 0.05) is 28.7 Å². The predicted molar refractivity (Wildman–Crippen MR) is 160 cm³/mol. The SMILES string of the molecule is O=C(OCCCCCCCCOC(=O)c1ccc2c(c1)Oc1ccccc1[C]2O)c1ccc2c(c1)Oc1ccccc1[CH]2. The van der Waals surface area contributed by atoms with Crippen molar-refractivity contribution >= 4 is 11.9 Å². The molecule has 4 aromatic rings. The maximum absolute atomic E-state index is 12.5. The van der Waals surface area contributed by atoms with Crippen LogP contribution in [0.4, 0.5) is 0 Å². The Labute approximate surface area is 251 Å². The average molecular weight is 577 g/mol. The number of ether oxygens (including phenoxy) is 4. The lowest BCUT2D eigenvalue weighted by Crippen LogP contribution is -2.12. The number of esters is 2. The molecule has 0 unspecified atom stereocenters. The van der Waals surface area contributed by atoms with Crippen LogP contribution in [-0.4, -0.2) is 30.3 Å². The first-order valence-electron chi connectivity index (χ1n) is 14.6. The van der Waals surface area contributed by atoms with Gasteiger partial charge in [0.1, 0.15) is 23.0 Å². The maximum atomic E-state index is 12.5. The van der Waals surface area contributed by atoms with Crippen LogP contribution in [0.1, 0.15) is 81.5 Å². The van der Waals surface area contributed by atoms with E-state index in [1.807, 2.05) is 48.9 Å². The highest BCUT2D eigenvalue weighted by Crippen LogP contribution is 2.42. The highest BCUT2D eigenvalue weighted by molar-refractivity contribution is 5.91. The number of para-hydroxylation sites is 2. The van der Waals surface area contributed by atoms with E-state index in [4.69, 9.17) is 18.9 Å².